The second-order valence-electron chi connectivity index (χ2n) is 5.06. The standard InChI is InChI=1S/C12H17/c1-7-9-3-11-5-10(7)6-12(4-9)8(11)2/h3,8-12H,1,4-6H2,2H3. The fourth-order valence-electron chi connectivity index (χ4n) is 3.72. The van der Waals surface area contributed by atoms with E-state index >= 15 is 0 Å². The van der Waals surface area contributed by atoms with Gasteiger partial charge < -0.3 is 0 Å². The van der Waals surface area contributed by atoms with E-state index in [2.05, 4.69) is 19.9 Å². The topological polar surface area (TPSA) is 0 Å². The average molecular weight is 161 g/mol. The molecule has 4 saturated carbocycles. The lowest BCUT2D eigenvalue weighted by molar-refractivity contribution is 0.0550. The lowest BCUT2D eigenvalue weighted by Crippen LogP contribution is -2.45. The van der Waals surface area contributed by atoms with Gasteiger partial charge in [-0.15, -0.1) is 0 Å². The van der Waals surface area contributed by atoms with Gasteiger partial charge in [-0.1, -0.05) is 19.1 Å². The van der Waals surface area contributed by atoms with Crippen molar-refractivity contribution >= 4 is 0 Å². The van der Waals surface area contributed by atoms with Crippen LogP contribution in [0.1, 0.15) is 26.2 Å². The van der Waals surface area contributed by atoms with Crippen molar-refractivity contribution in [3.05, 3.63) is 18.6 Å². The summed E-state index contributed by atoms with van der Waals surface area (Å²) in [5.74, 6) is 4.67. The van der Waals surface area contributed by atoms with Gasteiger partial charge in [0.1, 0.15) is 0 Å². The minimum Gasteiger partial charge on any atom is -0.0993 e. The molecule has 0 aliphatic heterocycles. The Morgan fingerprint density at radius 3 is 2.83 bits per heavy atom. The summed E-state index contributed by atoms with van der Waals surface area (Å²) in [4.78, 5) is 0. The van der Waals surface area contributed by atoms with Crippen LogP contribution in [0.2, 0.25) is 0 Å². The number of hydrogen-bond donors (Lipinski definition) is 0. The van der Waals surface area contributed by atoms with Crippen LogP contribution in [-0.2, 0) is 0 Å². The first-order valence-corrected chi connectivity index (χ1v) is 5.29. The Labute approximate surface area is 75.0 Å². The summed E-state index contributed by atoms with van der Waals surface area (Å²) >= 11 is 0. The second-order valence-corrected chi connectivity index (χ2v) is 5.06. The monoisotopic (exact) mass is 161 g/mol. The smallest absolute Gasteiger partial charge is 0.0166 e. The number of rotatable bonds is 0. The second kappa shape index (κ2) is 2.16. The molecule has 5 atom stereocenters. The maximum absolute atomic E-state index is 4.25. The highest BCUT2D eigenvalue weighted by Gasteiger charge is 2.48. The molecule has 0 aromatic carbocycles. The van der Waals surface area contributed by atoms with Crippen LogP contribution < -0.4 is 0 Å². The molecule has 0 amide bonds. The van der Waals surface area contributed by atoms with Gasteiger partial charge in [0.2, 0.25) is 0 Å². The Morgan fingerprint density at radius 2 is 2.17 bits per heavy atom. The predicted molar refractivity (Wildman–Crippen MR) is 50.4 cm³/mol. The van der Waals surface area contributed by atoms with Crippen molar-refractivity contribution in [2.45, 2.75) is 26.2 Å². The molecule has 4 fully saturated rings. The van der Waals surface area contributed by atoms with Crippen LogP contribution in [0.4, 0.5) is 0 Å². The Morgan fingerprint density at radius 1 is 1.33 bits per heavy atom. The Kier molecular flexibility index (Phi) is 1.29. The van der Waals surface area contributed by atoms with Gasteiger partial charge in [0.05, 0.1) is 0 Å². The number of hydrogen-bond acceptors (Lipinski definition) is 0. The Bertz CT molecular complexity index is 194. The lowest BCUT2D eigenvalue weighted by atomic mass is 9.51. The fraction of sp³-hybridized carbons (Fsp3) is 0.750. The van der Waals surface area contributed by atoms with Crippen molar-refractivity contribution in [2.24, 2.45) is 29.6 Å². The van der Waals surface area contributed by atoms with E-state index in [1.807, 2.05) is 0 Å². The molecule has 1 radical (unpaired) electrons. The Hall–Kier alpha value is -0.260. The maximum Gasteiger partial charge on any atom is -0.0166 e. The summed E-state index contributed by atoms with van der Waals surface area (Å²) in [6.45, 7) is 6.70. The summed E-state index contributed by atoms with van der Waals surface area (Å²) in [6, 6.07) is 0. The molecular formula is C12H17. The van der Waals surface area contributed by atoms with Gasteiger partial charge in [-0.25, -0.2) is 0 Å². The Balaban J connectivity index is 1.96. The minimum absolute atomic E-state index is 0.809. The maximum atomic E-state index is 4.25. The van der Waals surface area contributed by atoms with Crippen LogP contribution in [0, 0.1) is 36.0 Å². The molecule has 4 aliphatic rings. The third-order valence-corrected chi connectivity index (χ3v) is 4.60. The summed E-state index contributed by atoms with van der Waals surface area (Å²) in [6.07, 6.45) is 6.90. The van der Waals surface area contributed by atoms with Gasteiger partial charge in [0, 0.05) is 0 Å². The van der Waals surface area contributed by atoms with Crippen LogP contribution in [0.25, 0.3) is 0 Å². The summed E-state index contributed by atoms with van der Waals surface area (Å²) in [5.41, 5.74) is 1.56. The molecule has 0 saturated heterocycles. The zero-order valence-electron chi connectivity index (χ0n) is 7.79. The van der Waals surface area contributed by atoms with Gasteiger partial charge in [0.25, 0.3) is 0 Å². The third-order valence-electron chi connectivity index (χ3n) is 4.60. The highest BCUT2D eigenvalue weighted by molar-refractivity contribution is 5.23. The quantitative estimate of drug-likeness (QED) is 0.479. The van der Waals surface area contributed by atoms with E-state index in [0.29, 0.717) is 0 Å². The first kappa shape index (κ1) is 7.17. The SMILES string of the molecule is C=C1C2[CH]C3CC1CC(C2)C3C. The predicted octanol–water partition coefficient (Wildman–Crippen LogP) is 3.06. The van der Waals surface area contributed by atoms with Crippen molar-refractivity contribution in [3.8, 4) is 0 Å². The third kappa shape index (κ3) is 0.739. The van der Waals surface area contributed by atoms with Crippen molar-refractivity contribution in [2.75, 3.05) is 0 Å². The minimum atomic E-state index is 0.809. The average Bonchev–Trinajstić information content (AvgIpc) is 2.02. The molecule has 4 rings (SSSR count). The van der Waals surface area contributed by atoms with Crippen LogP contribution >= 0.6 is 0 Å². The van der Waals surface area contributed by atoms with E-state index < -0.39 is 0 Å². The zero-order valence-corrected chi connectivity index (χ0v) is 7.79. The van der Waals surface area contributed by atoms with Gasteiger partial charge in [-0.3, -0.25) is 0 Å². The molecule has 0 aromatic rings. The van der Waals surface area contributed by atoms with Crippen LogP contribution in [-0.4, -0.2) is 0 Å². The summed E-state index contributed by atoms with van der Waals surface area (Å²) in [7, 11) is 0. The van der Waals surface area contributed by atoms with Crippen molar-refractivity contribution < 1.29 is 0 Å². The number of allylic oxidation sites excluding steroid dienone is 1. The summed E-state index contributed by atoms with van der Waals surface area (Å²) in [5, 5.41) is 0. The van der Waals surface area contributed by atoms with Gasteiger partial charge in [-0.05, 0) is 55.3 Å². The molecule has 65 valence electrons. The van der Waals surface area contributed by atoms with Crippen LogP contribution in [0.3, 0.4) is 0 Å². The molecule has 0 N–H and O–H groups in total. The van der Waals surface area contributed by atoms with Gasteiger partial charge >= 0.3 is 0 Å². The van der Waals surface area contributed by atoms with E-state index in [4.69, 9.17) is 0 Å². The molecule has 0 spiro atoms. The molecule has 0 nitrogen and oxygen atoms in total. The van der Waals surface area contributed by atoms with E-state index in [1.165, 1.54) is 19.3 Å². The highest BCUT2D eigenvalue weighted by atomic mass is 14.5. The van der Waals surface area contributed by atoms with E-state index in [0.717, 1.165) is 29.6 Å². The highest BCUT2D eigenvalue weighted by Crippen LogP contribution is 2.57. The molecule has 0 heterocycles. The normalized spacial score (nSPS) is 56.4. The molecule has 12 heavy (non-hydrogen) atoms. The first-order valence-electron chi connectivity index (χ1n) is 5.29. The molecule has 4 bridgehead atoms. The van der Waals surface area contributed by atoms with Crippen molar-refractivity contribution in [1.82, 2.24) is 0 Å². The van der Waals surface area contributed by atoms with Crippen molar-refractivity contribution in [1.29, 1.82) is 0 Å². The van der Waals surface area contributed by atoms with Gasteiger partial charge in [-0.2, -0.15) is 0 Å². The molecule has 5 unspecified atom stereocenters. The molecule has 0 heteroatoms. The van der Waals surface area contributed by atoms with Crippen LogP contribution in [0.5, 0.6) is 0 Å². The van der Waals surface area contributed by atoms with E-state index in [9.17, 15) is 0 Å². The zero-order chi connectivity index (χ0) is 8.29. The largest absolute Gasteiger partial charge is 0.0993 e. The van der Waals surface area contributed by atoms with E-state index in [-0.39, 0.29) is 0 Å². The van der Waals surface area contributed by atoms with Crippen LogP contribution in [0.15, 0.2) is 12.2 Å². The molecule has 0 aromatic heterocycles. The fourth-order valence-corrected chi connectivity index (χ4v) is 3.72. The van der Waals surface area contributed by atoms with E-state index in [1.54, 1.807) is 5.57 Å². The van der Waals surface area contributed by atoms with Crippen molar-refractivity contribution in [3.63, 3.8) is 0 Å². The summed E-state index contributed by atoms with van der Waals surface area (Å²) < 4.78 is 0. The molecular weight excluding hydrogens is 144 g/mol. The first-order chi connectivity index (χ1) is 5.75. The lowest BCUT2D eigenvalue weighted by Gasteiger charge is -2.54. The molecule has 4 aliphatic carbocycles. The van der Waals surface area contributed by atoms with Gasteiger partial charge in [0.15, 0.2) is 0 Å².